The lowest BCUT2D eigenvalue weighted by atomic mass is 10.2. The number of nitrogens with one attached hydrogen (secondary N) is 1. The normalized spacial score (nSPS) is 12.1. The van der Waals surface area contributed by atoms with Crippen molar-refractivity contribution < 1.29 is 14.3 Å². The highest BCUT2D eigenvalue weighted by Gasteiger charge is 2.11. The molecule has 23 heavy (non-hydrogen) atoms. The van der Waals surface area contributed by atoms with E-state index in [-0.39, 0.29) is 18.6 Å². The molecule has 0 saturated heterocycles. The third-order valence-corrected chi connectivity index (χ3v) is 4.40. The summed E-state index contributed by atoms with van der Waals surface area (Å²) in [4.78, 5) is 24.4. The molecule has 0 unspecified atom stereocenters. The third kappa shape index (κ3) is 5.54. The van der Waals surface area contributed by atoms with E-state index in [1.54, 1.807) is 35.6 Å². The van der Waals surface area contributed by atoms with E-state index < -0.39 is 5.97 Å². The van der Waals surface area contributed by atoms with E-state index in [9.17, 15) is 9.59 Å². The highest BCUT2D eigenvalue weighted by molar-refractivity contribution is 7.10. The number of hydrogen-bond donors (Lipinski definition) is 1. The number of carbonyl (C=O) groups is 2. The Morgan fingerprint density at radius 3 is 2.78 bits per heavy atom. The first kappa shape index (κ1) is 17.2. The smallest absolute Gasteiger partial charge is 0.331 e. The Kier molecular flexibility index (Phi) is 6.38. The topological polar surface area (TPSA) is 55.4 Å². The van der Waals surface area contributed by atoms with Crippen molar-refractivity contribution in [2.75, 3.05) is 6.61 Å². The van der Waals surface area contributed by atoms with Crippen molar-refractivity contribution in [3.63, 3.8) is 0 Å². The minimum absolute atomic E-state index is 0.111. The van der Waals surface area contributed by atoms with Crippen molar-refractivity contribution in [2.45, 2.75) is 13.0 Å². The predicted molar refractivity (Wildman–Crippen MR) is 92.3 cm³/mol. The Bertz CT molecular complexity index is 698. The van der Waals surface area contributed by atoms with Gasteiger partial charge in [-0.3, -0.25) is 4.79 Å². The molecule has 2 aromatic rings. The molecule has 0 saturated carbocycles. The lowest BCUT2D eigenvalue weighted by molar-refractivity contribution is -0.144. The van der Waals surface area contributed by atoms with Crippen molar-refractivity contribution in [2.24, 2.45) is 0 Å². The van der Waals surface area contributed by atoms with Crippen LogP contribution in [0.1, 0.15) is 23.4 Å². The Hall–Kier alpha value is -2.11. The standard InChI is InChI=1S/C17H16ClNO3S/c1-12(15-7-4-10-23-15)19-16(20)11-22-17(21)9-8-13-5-2-3-6-14(13)18/h2-10,12H,11H2,1H3,(H,19,20)/b9-8+/t12-/m1/s1. The maximum Gasteiger partial charge on any atom is 0.331 e. The van der Waals surface area contributed by atoms with E-state index >= 15 is 0 Å². The first-order valence-electron chi connectivity index (χ1n) is 6.98. The molecule has 1 heterocycles. The minimum atomic E-state index is -0.594. The molecule has 2 rings (SSSR count). The summed E-state index contributed by atoms with van der Waals surface area (Å²) in [6.07, 6.45) is 2.80. The third-order valence-electron chi connectivity index (χ3n) is 3.00. The van der Waals surface area contributed by atoms with Crippen LogP contribution < -0.4 is 5.32 Å². The van der Waals surface area contributed by atoms with E-state index in [0.29, 0.717) is 10.6 Å². The van der Waals surface area contributed by atoms with Gasteiger partial charge >= 0.3 is 5.97 Å². The molecule has 0 spiro atoms. The maximum absolute atomic E-state index is 11.8. The van der Waals surface area contributed by atoms with Gasteiger partial charge < -0.3 is 10.1 Å². The number of thiophene rings is 1. The molecule has 1 amide bonds. The van der Waals surface area contributed by atoms with Gasteiger partial charge in [0.15, 0.2) is 6.61 Å². The summed E-state index contributed by atoms with van der Waals surface area (Å²) in [5.74, 6) is -0.936. The predicted octanol–water partition coefficient (Wildman–Crippen LogP) is 3.84. The molecule has 4 nitrogen and oxygen atoms in total. The van der Waals surface area contributed by atoms with E-state index in [0.717, 1.165) is 4.88 Å². The number of esters is 1. The number of halogens is 1. The second-order valence-corrected chi connectivity index (χ2v) is 6.15. The van der Waals surface area contributed by atoms with E-state index in [1.165, 1.54) is 6.08 Å². The van der Waals surface area contributed by atoms with Crippen molar-refractivity contribution in [1.82, 2.24) is 5.32 Å². The van der Waals surface area contributed by atoms with Crippen molar-refractivity contribution in [3.8, 4) is 0 Å². The largest absolute Gasteiger partial charge is 0.452 e. The first-order chi connectivity index (χ1) is 11.1. The average molecular weight is 350 g/mol. The van der Waals surface area contributed by atoms with E-state index in [2.05, 4.69) is 5.32 Å². The summed E-state index contributed by atoms with van der Waals surface area (Å²) in [5.41, 5.74) is 0.710. The zero-order valence-corrected chi connectivity index (χ0v) is 14.1. The quantitative estimate of drug-likeness (QED) is 0.637. The van der Waals surface area contributed by atoms with Crippen molar-refractivity contribution in [1.29, 1.82) is 0 Å². The molecule has 0 radical (unpaired) electrons. The number of carbonyl (C=O) groups excluding carboxylic acids is 2. The first-order valence-corrected chi connectivity index (χ1v) is 8.24. The van der Waals surface area contributed by atoms with Gasteiger partial charge in [0.25, 0.3) is 5.91 Å². The molecule has 1 N–H and O–H groups in total. The number of amides is 1. The zero-order valence-electron chi connectivity index (χ0n) is 12.5. The lowest BCUT2D eigenvalue weighted by Gasteiger charge is -2.11. The highest BCUT2D eigenvalue weighted by atomic mass is 35.5. The molecule has 1 atom stereocenters. The molecule has 6 heteroatoms. The van der Waals surface area contributed by atoms with Gasteiger partial charge in [0.1, 0.15) is 0 Å². The summed E-state index contributed by atoms with van der Waals surface area (Å²) in [6.45, 7) is 1.56. The van der Waals surface area contributed by atoms with Crippen molar-refractivity contribution in [3.05, 3.63) is 63.3 Å². The van der Waals surface area contributed by atoms with Gasteiger partial charge in [0, 0.05) is 16.0 Å². The molecular formula is C17H16ClNO3S. The van der Waals surface area contributed by atoms with Gasteiger partial charge in [-0.05, 0) is 36.1 Å². The van der Waals surface area contributed by atoms with Crippen LogP contribution in [0.25, 0.3) is 6.08 Å². The van der Waals surface area contributed by atoms with Crippen LogP contribution in [-0.4, -0.2) is 18.5 Å². The van der Waals surface area contributed by atoms with E-state index in [1.807, 2.05) is 30.5 Å². The summed E-state index contributed by atoms with van der Waals surface area (Å²) in [6, 6.07) is 10.9. The summed E-state index contributed by atoms with van der Waals surface area (Å²) < 4.78 is 4.91. The SMILES string of the molecule is C[C@@H](NC(=O)COC(=O)/C=C/c1ccccc1Cl)c1cccs1. The molecule has 0 bridgehead atoms. The van der Waals surface area contributed by atoms with Crippen LogP contribution in [0.15, 0.2) is 47.9 Å². The molecular weight excluding hydrogens is 334 g/mol. The minimum Gasteiger partial charge on any atom is -0.452 e. The Labute approximate surface area is 143 Å². The van der Waals surface area contributed by atoms with Gasteiger partial charge in [-0.2, -0.15) is 0 Å². The maximum atomic E-state index is 11.8. The lowest BCUT2D eigenvalue weighted by Crippen LogP contribution is -2.30. The molecule has 0 aliphatic carbocycles. The number of ether oxygens (including phenoxy) is 1. The fourth-order valence-electron chi connectivity index (χ4n) is 1.84. The molecule has 120 valence electrons. The molecule has 1 aromatic carbocycles. The van der Waals surface area contributed by atoms with E-state index in [4.69, 9.17) is 16.3 Å². The van der Waals surface area contributed by atoms with Gasteiger partial charge in [0.05, 0.1) is 6.04 Å². The molecule has 0 fully saturated rings. The van der Waals surface area contributed by atoms with Crippen LogP contribution in [-0.2, 0) is 14.3 Å². The summed E-state index contributed by atoms with van der Waals surface area (Å²) >= 11 is 7.53. The van der Waals surface area contributed by atoms with Crippen LogP contribution in [0.3, 0.4) is 0 Å². The monoisotopic (exact) mass is 349 g/mol. The Balaban J connectivity index is 1.78. The number of hydrogen-bond acceptors (Lipinski definition) is 4. The van der Waals surface area contributed by atoms with Crippen LogP contribution in [0.5, 0.6) is 0 Å². The van der Waals surface area contributed by atoms with Crippen LogP contribution in [0.2, 0.25) is 5.02 Å². The fourth-order valence-corrected chi connectivity index (χ4v) is 2.78. The van der Waals surface area contributed by atoms with Gasteiger partial charge in [-0.15, -0.1) is 11.3 Å². The zero-order chi connectivity index (χ0) is 16.7. The Morgan fingerprint density at radius 1 is 1.30 bits per heavy atom. The van der Waals surface area contributed by atoms with Crippen LogP contribution in [0.4, 0.5) is 0 Å². The number of benzene rings is 1. The Morgan fingerprint density at radius 2 is 2.09 bits per heavy atom. The summed E-state index contributed by atoms with van der Waals surface area (Å²) in [7, 11) is 0. The molecule has 0 aliphatic rings. The molecule has 1 aromatic heterocycles. The number of rotatable bonds is 6. The van der Waals surface area contributed by atoms with Crippen LogP contribution >= 0.6 is 22.9 Å². The highest BCUT2D eigenvalue weighted by Crippen LogP contribution is 2.18. The van der Waals surface area contributed by atoms with Crippen molar-refractivity contribution >= 4 is 40.9 Å². The van der Waals surface area contributed by atoms with Crippen LogP contribution in [0, 0.1) is 0 Å². The van der Waals surface area contributed by atoms with Gasteiger partial charge in [-0.1, -0.05) is 35.9 Å². The fraction of sp³-hybridized carbons (Fsp3) is 0.176. The molecule has 0 aliphatic heterocycles. The summed E-state index contributed by atoms with van der Waals surface area (Å²) in [5, 5.41) is 5.25. The second-order valence-electron chi connectivity index (χ2n) is 4.77. The average Bonchev–Trinajstić information content (AvgIpc) is 3.06. The van der Waals surface area contributed by atoms with Gasteiger partial charge in [0.2, 0.25) is 0 Å². The second kappa shape index (κ2) is 8.50. The van der Waals surface area contributed by atoms with Gasteiger partial charge in [-0.25, -0.2) is 4.79 Å².